The van der Waals surface area contributed by atoms with Crippen LogP contribution in [-0.2, 0) is 11.3 Å². The van der Waals surface area contributed by atoms with Crippen LogP contribution in [-0.4, -0.2) is 51.7 Å². The molecule has 12 heteroatoms. The summed E-state index contributed by atoms with van der Waals surface area (Å²) < 4.78 is 23.2. The molecule has 2 bridgehead atoms. The summed E-state index contributed by atoms with van der Waals surface area (Å²) in [6, 6.07) is 10.6. The van der Waals surface area contributed by atoms with E-state index in [4.69, 9.17) is 41.7 Å². The fraction of sp³-hybridized carbons (Fsp3) is 0.400. The summed E-state index contributed by atoms with van der Waals surface area (Å²) in [5.41, 5.74) is 2.91. The molecule has 2 aliphatic heterocycles. The predicted molar refractivity (Wildman–Crippen MR) is 154 cm³/mol. The quantitative estimate of drug-likeness (QED) is 0.212. The monoisotopic (exact) mass is 610 g/mol. The predicted octanol–water partition coefficient (Wildman–Crippen LogP) is 7.00. The standard InChI is InChI=1S/C30H28Cl2N4O6/c1-39-24-11-16(7-10-20(24)29(37)38)28-33-30(35-42-28)36-17-8-9-18(36)13-19(12-17)40-14-21-26(34-41-27(21)15-5-6-15)25-22(31)3-2-4-23(25)32/h2-4,7,10-11,15,17-19H,5-6,8-9,12-14H2,1H3,(H,37,38)/t17-,18+,19+. The van der Waals surface area contributed by atoms with Gasteiger partial charge in [-0.1, -0.05) is 34.4 Å². The topological polar surface area (TPSA) is 124 Å². The van der Waals surface area contributed by atoms with Gasteiger partial charge < -0.3 is 28.5 Å². The lowest BCUT2D eigenvalue weighted by Gasteiger charge is -2.37. The van der Waals surface area contributed by atoms with E-state index in [2.05, 4.69) is 20.2 Å². The number of aromatic carboxylic acids is 1. The van der Waals surface area contributed by atoms with E-state index in [0.29, 0.717) is 51.2 Å². The maximum absolute atomic E-state index is 11.4. The third-order valence-electron chi connectivity index (χ3n) is 8.44. The number of hydrogen-bond donors (Lipinski definition) is 1. The number of rotatable bonds is 9. The van der Waals surface area contributed by atoms with Crippen molar-refractivity contribution in [3.8, 4) is 28.5 Å². The number of aromatic nitrogens is 3. The number of piperidine rings is 1. The molecule has 1 aliphatic carbocycles. The Balaban J connectivity index is 1.07. The van der Waals surface area contributed by atoms with Gasteiger partial charge in [-0.15, -0.1) is 0 Å². The molecule has 0 unspecified atom stereocenters. The Labute approximate surface area is 251 Å². The number of carboxylic acids is 1. The Hall–Kier alpha value is -3.60. The van der Waals surface area contributed by atoms with Crippen LogP contribution in [0.15, 0.2) is 45.4 Å². The number of carbonyl (C=O) groups is 1. The lowest BCUT2D eigenvalue weighted by molar-refractivity contribution is 0.0144. The van der Waals surface area contributed by atoms with Crippen LogP contribution < -0.4 is 9.64 Å². The average Bonchev–Trinajstić information content (AvgIpc) is 3.45. The van der Waals surface area contributed by atoms with E-state index < -0.39 is 5.97 Å². The maximum atomic E-state index is 11.4. The van der Waals surface area contributed by atoms with Crippen LogP contribution >= 0.6 is 23.2 Å². The molecule has 3 aliphatic rings. The van der Waals surface area contributed by atoms with Crippen LogP contribution in [0, 0.1) is 0 Å². The summed E-state index contributed by atoms with van der Waals surface area (Å²) in [5, 5.41) is 19.1. The van der Waals surface area contributed by atoms with E-state index >= 15 is 0 Å². The van der Waals surface area contributed by atoms with Gasteiger partial charge in [-0.3, -0.25) is 0 Å². The number of halogens is 2. The lowest BCUT2D eigenvalue weighted by Crippen LogP contribution is -2.46. The molecule has 10 nitrogen and oxygen atoms in total. The van der Waals surface area contributed by atoms with Crippen molar-refractivity contribution in [2.24, 2.45) is 0 Å². The van der Waals surface area contributed by atoms with Gasteiger partial charge in [-0.25, -0.2) is 4.79 Å². The Bertz CT molecular complexity index is 1620. The van der Waals surface area contributed by atoms with Crippen molar-refractivity contribution in [2.75, 3.05) is 12.0 Å². The zero-order chi connectivity index (χ0) is 29.0. The van der Waals surface area contributed by atoms with Gasteiger partial charge in [-0.05, 0) is 74.0 Å². The van der Waals surface area contributed by atoms with Gasteiger partial charge in [0.05, 0.1) is 29.9 Å². The summed E-state index contributed by atoms with van der Waals surface area (Å²) >= 11 is 13.0. The van der Waals surface area contributed by atoms with E-state index in [-0.39, 0.29) is 29.5 Å². The number of carboxylic acid groups (broad SMARTS) is 1. The summed E-state index contributed by atoms with van der Waals surface area (Å²) in [6.45, 7) is 0.372. The van der Waals surface area contributed by atoms with Crippen molar-refractivity contribution in [1.82, 2.24) is 15.3 Å². The number of fused-ring (bicyclic) bond motifs is 2. The summed E-state index contributed by atoms with van der Waals surface area (Å²) in [6.07, 6.45) is 5.87. The maximum Gasteiger partial charge on any atom is 0.339 e. The van der Waals surface area contributed by atoms with E-state index in [1.54, 1.807) is 24.3 Å². The molecule has 1 saturated carbocycles. The molecule has 0 spiro atoms. The van der Waals surface area contributed by atoms with Crippen molar-refractivity contribution < 1.29 is 28.4 Å². The van der Waals surface area contributed by atoms with Crippen LogP contribution in [0.25, 0.3) is 22.7 Å². The molecular weight excluding hydrogens is 583 g/mol. The van der Waals surface area contributed by atoms with Crippen molar-refractivity contribution in [2.45, 2.75) is 69.2 Å². The van der Waals surface area contributed by atoms with Gasteiger partial charge in [0.25, 0.3) is 11.8 Å². The Kier molecular flexibility index (Phi) is 7.08. The Morgan fingerprint density at radius 1 is 1.05 bits per heavy atom. The zero-order valence-electron chi connectivity index (χ0n) is 22.8. The van der Waals surface area contributed by atoms with Crippen LogP contribution in [0.1, 0.15) is 66.1 Å². The van der Waals surface area contributed by atoms with Gasteiger partial charge >= 0.3 is 5.97 Å². The molecule has 2 saturated heterocycles. The molecular formula is C30H28Cl2N4O6. The van der Waals surface area contributed by atoms with Gasteiger partial charge in [0.2, 0.25) is 0 Å². The number of ether oxygens (including phenoxy) is 2. The molecule has 4 aromatic rings. The van der Waals surface area contributed by atoms with Crippen LogP contribution in [0.4, 0.5) is 5.95 Å². The highest BCUT2D eigenvalue weighted by Crippen LogP contribution is 2.47. The fourth-order valence-corrected chi connectivity index (χ4v) is 6.85. The smallest absolute Gasteiger partial charge is 0.339 e. The van der Waals surface area contributed by atoms with Gasteiger partial charge in [0.15, 0.2) is 0 Å². The second-order valence-electron chi connectivity index (χ2n) is 11.1. The Morgan fingerprint density at radius 2 is 1.79 bits per heavy atom. The largest absolute Gasteiger partial charge is 0.496 e. The molecule has 3 fully saturated rings. The van der Waals surface area contributed by atoms with E-state index in [1.807, 2.05) is 6.07 Å². The minimum atomic E-state index is -1.07. The number of nitrogens with zero attached hydrogens (tertiary/aromatic N) is 4. The average molecular weight is 611 g/mol. The molecule has 2 aromatic carbocycles. The van der Waals surface area contributed by atoms with E-state index in [1.165, 1.54) is 13.2 Å². The highest BCUT2D eigenvalue weighted by atomic mass is 35.5. The second-order valence-corrected chi connectivity index (χ2v) is 11.9. The van der Waals surface area contributed by atoms with Crippen LogP contribution in [0.3, 0.4) is 0 Å². The molecule has 4 heterocycles. The Morgan fingerprint density at radius 3 is 2.45 bits per heavy atom. The summed E-state index contributed by atoms with van der Waals surface area (Å²) in [4.78, 5) is 18.3. The van der Waals surface area contributed by atoms with Gasteiger partial charge in [-0.2, -0.15) is 4.98 Å². The third kappa shape index (κ3) is 4.91. The third-order valence-corrected chi connectivity index (χ3v) is 9.07. The van der Waals surface area contributed by atoms with Crippen molar-refractivity contribution in [1.29, 1.82) is 0 Å². The highest BCUT2D eigenvalue weighted by molar-refractivity contribution is 6.39. The highest BCUT2D eigenvalue weighted by Gasteiger charge is 2.44. The SMILES string of the molecule is COc1cc(-c2nc(N3[C@@H]4CC[C@H]3C[C@@H](OCc3c(-c5c(Cl)cccc5Cl)noc3C3CC3)C4)no2)ccc1C(=O)O. The molecule has 2 aromatic heterocycles. The lowest BCUT2D eigenvalue weighted by atomic mass is 9.99. The molecule has 0 radical (unpaired) electrons. The van der Waals surface area contributed by atoms with E-state index in [0.717, 1.165) is 49.8 Å². The second kappa shape index (κ2) is 10.9. The number of methoxy groups -OCH3 is 1. The van der Waals surface area contributed by atoms with Crippen LogP contribution in [0.5, 0.6) is 5.75 Å². The molecule has 7 rings (SSSR count). The first kappa shape index (κ1) is 27.2. The van der Waals surface area contributed by atoms with E-state index in [9.17, 15) is 9.90 Å². The minimum absolute atomic E-state index is 0.0504. The minimum Gasteiger partial charge on any atom is -0.496 e. The normalized spacial score (nSPS) is 21.6. The molecule has 218 valence electrons. The number of anilines is 1. The summed E-state index contributed by atoms with van der Waals surface area (Å²) in [5.74, 6) is 1.23. The van der Waals surface area contributed by atoms with Gasteiger partial charge in [0, 0.05) is 34.7 Å². The first-order valence-electron chi connectivity index (χ1n) is 14.0. The van der Waals surface area contributed by atoms with Gasteiger partial charge in [0.1, 0.15) is 22.8 Å². The zero-order valence-corrected chi connectivity index (χ0v) is 24.3. The first-order valence-corrected chi connectivity index (χ1v) is 14.7. The van der Waals surface area contributed by atoms with Crippen molar-refractivity contribution in [3.63, 3.8) is 0 Å². The number of benzene rings is 2. The van der Waals surface area contributed by atoms with Crippen LogP contribution in [0.2, 0.25) is 10.0 Å². The molecule has 1 N–H and O–H groups in total. The van der Waals surface area contributed by atoms with Crippen molar-refractivity contribution >= 4 is 35.1 Å². The summed E-state index contributed by atoms with van der Waals surface area (Å²) in [7, 11) is 1.43. The molecule has 42 heavy (non-hydrogen) atoms. The number of hydrogen-bond acceptors (Lipinski definition) is 9. The molecule has 3 atom stereocenters. The molecule has 0 amide bonds. The van der Waals surface area contributed by atoms with Crippen molar-refractivity contribution in [3.05, 3.63) is 63.3 Å². The first-order chi connectivity index (χ1) is 20.4. The fourth-order valence-electron chi connectivity index (χ4n) is 6.28.